The van der Waals surface area contributed by atoms with Crippen molar-refractivity contribution in [3.63, 3.8) is 0 Å². The molecule has 0 bridgehead atoms. The van der Waals surface area contributed by atoms with Crippen LogP contribution in [0.15, 0.2) is 48.5 Å². The van der Waals surface area contributed by atoms with Crippen molar-refractivity contribution in [2.45, 2.75) is 12.3 Å². The molecule has 2 aromatic rings. The van der Waals surface area contributed by atoms with E-state index in [4.69, 9.17) is 10.2 Å². The summed E-state index contributed by atoms with van der Waals surface area (Å²) in [4.78, 5) is 11.5. The van der Waals surface area contributed by atoms with Crippen LogP contribution in [0.5, 0.6) is 0 Å². The first kappa shape index (κ1) is 19.5. The SMILES string of the molecule is O=C(C#Cc1ccc(-c2ccccc2)c(C(F)(F)F)c1)NC[C@H](O)CO. The molecule has 0 fully saturated rings. The molecule has 0 saturated heterocycles. The van der Waals surface area contributed by atoms with Crippen LogP contribution in [0.4, 0.5) is 13.2 Å². The molecule has 0 radical (unpaired) electrons. The van der Waals surface area contributed by atoms with Gasteiger partial charge in [-0.3, -0.25) is 4.79 Å². The highest BCUT2D eigenvalue weighted by atomic mass is 19.4. The topological polar surface area (TPSA) is 69.6 Å². The van der Waals surface area contributed by atoms with Crippen LogP contribution in [0.25, 0.3) is 11.1 Å². The van der Waals surface area contributed by atoms with Crippen LogP contribution >= 0.6 is 0 Å². The van der Waals surface area contributed by atoms with Crippen molar-refractivity contribution < 1.29 is 28.2 Å². The highest BCUT2D eigenvalue weighted by Gasteiger charge is 2.33. The quantitative estimate of drug-likeness (QED) is 0.730. The Kier molecular flexibility index (Phi) is 6.39. The van der Waals surface area contributed by atoms with Crippen LogP contribution < -0.4 is 5.32 Å². The molecule has 2 aromatic carbocycles. The average molecular weight is 363 g/mol. The molecule has 0 spiro atoms. The Morgan fingerprint density at radius 1 is 1.15 bits per heavy atom. The van der Waals surface area contributed by atoms with E-state index in [2.05, 4.69) is 17.2 Å². The number of carbonyl (C=O) groups excluding carboxylic acids is 1. The number of halogens is 3. The van der Waals surface area contributed by atoms with Gasteiger partial charge >= 0.3 is 6.18 Å². The number of nitrogens with one attached hydrogen (secondary N) is 1. The first-order valence-electron chi connectivity index (χ1n) is 7.66. The number of hydrogen-bond donors (Lipinski definition) is 3. The molecule has 0 saturated carbocycles. The fourth-order valence-corrected chi connectivity index (χ4v) is 2.17. The smallest absolute Gasteiger partial charge is 0.394 e. The van der Waals surface area contributed by atoms with E-state index >= 15 is 0 Å². The summed E-state index contributed by atoms with van der Waals surface area (Å²) >= 11 is 0. The summed E-state index contributed by atoms with van der Waals surface area (Å²) < 4.78 is 40.1. The molecule has 0 unspecified atom stereocenters. The van der Waals surface area contributed by atoms with Gasteiger partial charge in [0.05, 0.1) is 18.3 Å². The predicted molar refractivity (Wildman–Crippen MR) is 89.9 cm³/mol. The first-order chi connectivity index (χ1) is 12.3. The summed E-state index contributed by atoms with van der Waals surface area (Å²) in [6.07, 6.45) is -5.70. The van der Waals surface area contributed by atoms with Crippen LogP contribution in [-0.4, -0.2) is 35.4 Å². The second kappa shape index (κ2) is 8.52. The Labute approximate surface area is 148 Å². The van der Waals surface area contributed by atoms with Gasteiger partial charge in [0.25, 0.3) is 5.91 Å². The highest BCUT2D eigenvalue weighted by Crippen LogP contribution is 2.37. The minimum Gasteiger partial charge on any atom is -0.394 e. The lowest BCUT2D eigenvalue weighted by Gasteiger charge is -2.13. The zero-order valence-electron chi connectivity index (χ0n) is 13.5. The van der Waals surface area contributed by atoms with Gasteiger partial charge in [0.2, 0.25) is 0 Å². The van der Waals surface area contributed by atoms with Gasteiger partial charge in [-0.15, -0.1) is 0 Å². The molecule has 0 aliphatic carbocycles. The molecule has 0 aromatic heterocycles. The summed E-state index contributed by atoms with van der Waals surface area (Å²) in [5, 5.41) is 20.0. The van der Waals surface area contributed by atoms with E-state index in [1.807, 2.05) is 0 Å². The van der Waals surface area contributed by atoms with Gasteiger partial charge in [-0.25, -0.2) is 0 Å². The average Bonchev–Trinajstić information content (AvgIpc) is 2.64. The van der Waals surface area contributed by atoms with Gasteiger partial charge in [0.15, 0.2) is 0 Å². The standard InChI is InChI=1S/C19H16F3NO3/c20-19(21,22)17-10-13(7-9-18(26)23-11-15(25)12-24)6-8-16(17)14-4-2-1-3-5-14/h1-6,8,10,15,24-25H,11-12H2,(H,23,26)/t15-/m0/s1. The van der Waals surface area contributed by atoms with E-state index in [-0.39, 0.29) is 17.7 Å². The van der Waals surface area contributed by atoms with Crippen molar-refractivity contribution in [1.29, 1.82) is 0 Å². The summed E-state index contributed by atoms with van der Waals surface area (Å²) in [5.41, 5.74) is -0.351. The lowest BCUT2D eigenvalue weighted by molar-refractivity contribution is -0.137. The molecule has 7 heteroatoms. The van der Waals surface area contributed by atoms with Gasteiger partial charge < -0.3 is 15.5 Å². The van der Waals surface area contributed by atoms with Gasteiger partial charge in [-0.1, -0.05) is 42.3 Å². The molecule has 136 valence electrons. The lowest BCUT2D eigenvalue weighted by atomic mass is 9.97. The maximum Gasteiger partial charge on any atom is 0.417 e. The number of aliphatic hydroxyl groups is 2. The maximum absolute atomic E-state index is 13.4. The summed E-state index contributed by atoms with van der Waals surface area (Å²) in [6, 6.07) is 11.8. The van der Waals surface area contributed by atoms with E-state index in [0.29, 0.717) is 5.56 Å². The van der Waals surface area contributed by atoms with E-state index in [0.717, 1.165) is 6.07 Å². The summed E-state index contributed by atoms with van der Waals surface area (Å²) in [5.74, 6) is 3.76. The number of alkyl halides is 3. The van der Waals surface area contributed by atoms with Crippen LogP contribution in [0.2, 0.25) is 0 Å². The van der Waals surface area contributed by atoms with Crippen LogP contribution in [0, 0.1) is 11.8 Å². The third kappa shape index (κ3) is 5.34. The molecule has 0 heterocycles. The van der Waals surface area contributed by atoms with Crippen molar-refractivity contribution in [2.75, 3.05) is 13.2 Å². The maximum atomic E-state index is 13.4. The van der Waals surface area contributed by atoms with E-state index in [1.54, 1.807) is 30.3 Å². The van der Waals surface area contributed by atoms with Crippen molar-refractivity contribution in [1.82, 2.24) is 5.32 Å². The molecule has 0 aliphatic rings. The molecule has 26 heavy (non-hydrogen) atoms. The number of amides is 1. The Hall–Kier alpha value is -2.82. The number of rotatable bonds is 4. The largest absolute Gasteiger partial charge is 0.417 e. The van der Waals surface area contributed by atoms with Gasteiger partial charge in [0, 0.05) is 18.0 Å². The summed E-state index contributed by atoms with van der Waals surface area (Å²) in [7, 11) is 0. The Bertz CT molecular complexity index is 823. The molecular weight excluding hydrogens is 347 g/mol. The van der Waals surface area contributed by atoms with E-state index < -0.39 is 30.4 Å². The minimum absolute atomic E-state index is 0.0270. The molecule has 0 aliphatic heterocycles. The van der Waals surface area contributed by atoms with E-state index in [9.17, 15) is 18.0 Å². The van der Waals surface area contributed by atoms with Crippen molar-refractivity contribution in [2.24, 2.45) is 0 Å². The molecule has 2 rings (SSSR count). The monoisotopic (exact) mass is 363 g/mol. The number of aliphatic hydroxyl groups excluding tert-OH is 2. The number of benzene rings is 2. The zero-order valence-corrected chi connectivity index (χ0v) is 13.5. The molecule has 1 atom stereocenters. The lowest BCUT2D eigenvalue weighted by Crippen LogP contribution is -2.33. The Balaban J connectivity index is 2.28. The highest BCUT2D eigenvalue weighted by molar-refractivity contribution is 5.94. The molecular formula is C19H16F3NO3. The molecule has 3 N–H and O–H groups in total. The molecule has 4 nitrogen and oxygen atoms in total. The Morgan fingerprint density at radius 2 is 1.85 bits per heavy atom. The van der Waals surface area contributed by atoms with Crippen LogP contribution in [0.1, 0.15) is 11.1 Å². The van der Waals surface area contributed by atoms with Crippen molar-refractivity contribution in [3.8, 4) is 23.0 Å². The fraction of sp³-hybridized carbons (Fsp3) is 0.211. The van der Waals surface area contributed by atoms with Crippen molar-refractivity contribution >= 4 is 5.91 Å². The predicted octanol–water partition coefficient (Wildman–Crippen LogP) is 2.19. The second-order valence-corrected chi connectivity index (χ2v) is 5.42. The van der Waals surface area contributed by atoms with Gasteiger partial charge in [-0.05, 0) is 23.3 Å². The summed E-state index contributed by atoms with van der Waals surface area (Å²) in [6.45, 7) is -0.728. The van der Waals surface area contributed by atoms with Gasteiger partial charge in [0.1, 0.15) is 0 Å². The van der Waals surface area contributed by atoms with Gasteiger partial charge in [-0.2, -0.15) is 13.2 Å². The van der Waals surface area contributed by atoms with E-state index in [1.165, 1.54) is 12.1 Å². The fourth-order valence-electron chi connectivity index (χ4n) is 2.17. The third-order valence-electron chi connectivity index (χ3n) is 3.44. The number of hydrogen-bond acceptors (Lipinski definition) is 3. The molecule has 1 amide bonds. The normalized spacial score (nSPS) is 12.0. The van der Waals surface area contributed by atoms with Crippen LogP contribution in [0.3, 0.4) is 0 Å². The first-order valence-corrected chi connectivity index (χ1v) is 7.66. The Morgan fingerprint density at radius 3 is 2.46 bits per heavy atom. The zero-order chi connectivity index (χ0) is 19.2. The van der Waals surface area contributed by atoms with Crippen LogP contribution in [-0.2, 0) is 11.0 Å². The second-order valence-electron chi connectivity index (χ2n) is 5.42. The number of carbonyl (C=O) groups is 1. The minimum atomic E-state index is -4.57. The van der Waals surface area contributed by atoms with Crippen molar-refractivity contribution in [3.05, 3.63) is 59.7 Å². The third-order valence-corrected chi connectivity index (χ3v) is 3.44.